The molecule has 4 heteroatoms. The van der Waals surface area contributed by atoms with Gasteiger partial charge in [0.25, 0.3) is 0 Å². The Labute approximate surface area is 130 Å². The van der Waals surface area contributed by atoms with Crippen molar-refractivity contribution < 1.29 is 8.81 Å². The van der Waals surface area contributed by atoms with Gasteiger partial charge >= 0.3 is 0 Å². The van der Waals surface area contributed by atoms with Crippen molar-refractivity contribution in [2.24, 2.45) is 11.8 Å². The van der Waals surface area contributed by atoms with Gasteiger partial charge in [-0.05, 0) is 35.6 Å². The summed E-state index contributed by atoms with van der Waals surface area (Å²) in [7, 11) is 0. The third kappa shape index (κ3) is 2.94. The van der Waals surface area contributed by atoms with E-state index in [4.69, 9.17) is 4.42 Å². The van der Waals surface area contributed by atoms with Crippen LogP contribution in [0.1, 0.15) is 11.1 Å². The summed E-state index contributed by atoms with van der Waals surface area (Å²) >= 11 is 0. The van der Waals surface area contributed by atoms with Gasteiger partial charge in [0.15, 0.2) is 0 Å². The molecule has 0 spiro atoms. The van der Waals surface area contributed by atoms with Gasteiger partial charge < -0.3 is 4.42 Å². The van der Waals surface area contributed by atoms with Crippen molar-refractivity contribution in [1.82, 2.24) is 9.80 Å². The second kappa shape index (κ2) is 5.86. The summed E-state index contributed by atoms with van der Waals surface area (Å²) in [4.78, 5) is 5.00. The Morgan fingerprint density at radius 2 is 1.64 bits per heavy atom. The molecule has 0 aliphatic carbocycles. The van der Waals surface area contributed by atoms with Crippen molar-refractivity contribution in [3.8, 4) is 0 Å². The fraction of sp³-hybridized carbons (Fsp3) is 0.444. The van der Waals surface area contributed by atoms with Crippen LogP contribution >= 0.6 is 0 Å². The lowest BCUT2D eigenvalue weighted by Crippen LogP contribution is -2.28. The van der Waals surface area contributed by atoms with E-state index >= 15 is 0 Å². The van der Waals surface area contributed by atoms with E-state index in [1.54, 1.807) is 18.4 Å². The van der Waals surface area contributed by atoms with Gasteiger partial charge in [0.05, 0.1) is 12.5 Å². The maximum atomic E-state index is 13.3. The molecule has 2 aliphatic rings. The molecule has 3 nitrogen and oxygen atoms in total. The maximum Gasteiger partial charge on any atom is 0.123 e. The van der Waals surface area contributed by atoms with Gasteiger partial charge in [-0.1, -0.05) is 12.1 Å². The fourth-order valence-corrected chi connectivity index (χ4v) is 3.98. The van der Waals surface area contributed by atoms with Gasteiger partial charge in [-0.15, -0.1) is 0 Å². The van der Waals surface area contributed by atoms with Gasteiger partial charge in [0.2, 0.25) is 0 Å². The van der Waals surface area contributed by atoms with Crippen LogP contribution in [0.4, 0.5) is 4.39 Å². The number of rotatable bonds is 4. The lowest BCUT2D eigenvalue weighted by atomic mass is 10.0. The number of benzene rings is 1. The zero-order valence-corrected chi connectivity index (χ0v) is 12.6. The molecule has 2 atom stereocenters. The van der Waals surface area contributed by atoms with E-state index in [0.29, 0.717) is 0 Å². The molecular formula is C18H21FN2O. The van der Waals surface area contributed by atoms with Crippen molar-refractivity contribution in [1.29, 1.82) is 0 Å². The fourth-order valence-electron chi connectivity index (χ4n) is 3.98. The predicted octanol–water partition coefficient (Wildman–Crippen LogP) is 2.98. The Kier molecular flexibility index (Phi) is 3.72. The van der Waals surface area contributed by atoms with Gasteiger partial charge in [0, 0.05) is 44.8 Å². The number of hydrogen-bond donors (Lipinski definition) is 0. The topological polar surface area (TPSA) is 19.6 Å². The number of hydrogen-bond acceptors (Lipinski definition) is 3. The number of nitrogens with zero attached hydrogens (tertiary/aromatic N) is 2. The molecule has 2 saturated heterocycles. The molecule has 0 bridgehead atoms. The van der Waals surface area contributed by atoms with Crippen LogP contribution in [0.2, 0.25) is 0 Å². The molecule has 0 N–H and O–H groups in total. The first kappa shape index (κ1) is 14.0. The summed E-state index contributed by atoms with van der Waals surface area (Å²) in [6, 6.07) is 9.02. The Morgan fingerprint density at radius 3 is 2.23 bits per heavy atom. The minimum atomic E-state index is -0.136. The predicted molar refractivity (Wildman–Crippen MR) is 82.6 cm³/mol. The van der Waals surface area contributed by atoms with Crippen LogP contribution in [0.5, 0.6) is 0 Å². The third-order valence-electron chi connectivity index (χ3n) is 4.92. The minimum Gasteiger partial charge on any atom is -0.472 e. The van der Waals surface area contributed by atoms with Crippen molar-refractivity contribution in [3.05, 3.63) is 59.8 Å². The quantitative estimate of drug-likeness (QED) is 0.865. The highest BCUT2D eigenvalue weighted by atomic mass is 19.1. The molecule has 22 heavy (non-hydrogen) atoms. The van der Waals surface area contributed by atoms with Crippen LogP contribution in [-0.2, 0) is 13.1 Å². The molecule has 4 rings (SSSR count). The van der Waals surface area contributed by atoms with Gasteiger partial charge in [-0.2, -0.15) is 0 Å². The number of furan rings is 1. The minimum absolute atomic E-state index is 0.136. The maximum absolute atomic E-state index is 13.3. The first-order valence-electron chi connectivity index (χ1n) is 7.96. The molecule has 0 radical (unpaired) electrons. The van der Waals surface area contributed by atoms with Crippen LogP contribution in [0.3, 0.4) is 0 Å². The number of fused-ring (bicyclic) bond motifs is 1. The van der Waals surface area contributed by atoms with Crippen molar-refractivity contribution in [2.75, 3.05) is 26.2 Å². The lowest BCUT2D eigenvalue weighted by molar-refractivity contribution is 0.246. The third-order valence-corrected chi connectivity index (χ3v) is 4.92. The molecule has 116 valence electrons. The van der Waals surface area contributed by atoms with Gasteiger partial charge in [-0.25, -0.2) is 4.39 Å². The molecule has 2 aromatic rings. The Morgan fingerprint density at radius 1 is 0.955 bits per heavy atom. The van der Waals surface area contributed by atoms with E-state index < -0.39 is 0 Å². The van der Waals surface area contributed by atoms with Crippen LogP contribution in [0.25, 0.3) is 0 Å². The molecule has 2 fully saturated rings. The molecule has 3 heterocycles. The second-order valence-electron chi connectivity index (χ2n) is 6.67. The first-order valence-corrected chi connectivity index (χ1v) is 7.96. The standard InChI is InChI=1S/C18H21FN2O/c19-18-3-1-2-14(6-18)7-20-9-16-11-21(12-17(16)10-20)8-15-4-5-22-13-15/h1-6,13,16-17H,7-12H2/t16-,17-/m1/s1. The number of likely N-dealkylation sites (tertiary alicyclic amines) is 2. The summed E-state index contributed by atoms with van der Waals surface area (Å²) in [6.07, 6.45) is 3.58. The Balaban J connectivity index is 1.32. The smallest absolute Gasteiger partial charge is 0.123 e. The number of halogens is 1. The zero-order valence-electron chi connectivity index (χ0n) is 12.6. The molecule has 1 aromatic heterocycles. The average Bonchev–Trinajstić information content (AvgIpc) is 3.16. The summed E-state index contributed by atoms with van der Waals surface area (Å²) in [5.74, 6) is 1.36. The summed E-state index contributed by atoms with van der Waals surface area (Å²) in [6.45, 7) is 6.44. The van der Waals surface area contributed by atoms with Crippen LogP contribution in [0.15, 0.2) is 47.3 Å². The van der Waals surface area contributed by atoms with Gasteiger partial charge in [-0.3, -0.25) is 9.80 Å². The molecule has 0 amide bonds. The summed E-state index contributed by atoms with van der Waals surface area (Å²) < 4.78 is 18.4. The van der Waals surface area contributed by atoms with Crippen molar-refractivity contribution in [3.63, 3.8) is 0 Å². The highest BCUT2D eigenvalue weighted by molar-refractivity contribution is 5.16. The SMILES string of the molecule is Fc1cccc(CN2C[C@@H]3CN(Cc4ccoc4)C[C@H]3C2)c1. The van der Waals surface area contributed by atoms with Crippen LogP contribution < -0.4 is 0 Å². The molecule has 2 aliphatic heterocycles. The molecule has 1 aromatic carbocycles. The van der Waals surface area contributed by atoms with Crippen LogP contribution in [0, 0.1) is 17.7 Å². The average molecular weight is 300 g/mol. The summed E-state index contributed by atoms with van der Waals surface area (Å²) in [5, 5.41) is 0. The van der Waals surface area contributed by atoms with Crippen LogP contribution in [-0.4, -0.2) is 36.0 Å². The Hall–Kier alpha value is -1.65. The zero-order chi connectivity index (χ0) is 14.9. The van der Waals surface area contributed by atoms with Crippen molar-refractivity contribution in [2.45, 2.75) is 13.1 Å². The van der Waals surface area contributed by atoms with E-state index in [9.17, 15) is 4.39 Å². The molecule has 0 unspecified atom stereocenters. The van der Waals surface area contributed by atoms with E-state index in [1.807, 2.05) is 18.4 Å². The molecule has 0 saturated carbocycles. The van der Waals surface area contributed by atoms with Gasteiger partial charge in [0.1, 0.15) is 5.82 Å². The highest BCUT2D eigenvalue weighted by Crippen LogP contribution is 2.32. The van der Waals surface area contributed by atoms with E-state index in [-0.39, 0.29) is 5.82 Å². The second-order valence-corrected chi connectivity index (χ2v) is 6.67. The van der Waals surface area contributed by atoms with E-state index in [2.05, 4.69) is 9.80 Å². The first-order chi connectivity index (χ1) is 10.8. The van der Waals surface area contributed by atoms with E-state index in [1.165, 1.54) is 11.6 Å². The normalized spacial score (nSPS) is 25.7. The van der Waals surface area contributed by atoms with Crippen molar-refractivity contribution >= 4 is 0 Å². The molecular weight excluding hydrogens is 279 g/mol. The summed E-state index contributed by atoms with van der Waals surface area (Å²) in [5.41, 5.74) is 2.34. The lowest BCUT2D eigenvalue weighted by Gasteiger charge is -2.21. The Bertz CT molecular complexity index is 614. The highest BCUT2D eigenvalue weighted by Gasteiger charge is 2.39. The monoisotopic (exact) mass is 300 g/mol. The largest absolute Gasteiger partial charge is 0.472 e. The van der Waals surface area contributed by atoms with E-state index in [0.717, 1.165) is 56.7 Å².